The molecule has 0 spiro atoms. The molecule has 0 fully saturated rings. The van der Waals surface area contributed by atoms with Crippen LogP contribution < -0.4 is 0 Å². The van der Waals surface area contributed by atoms with Crippen molar-refractivity contribution in [3.63, 3.8) is 0 Å². The summed E-state index contributed by atoms with van der Waals surface area (Å²) in [5.41, 5.74) is 0.331. The van der Waals surface area contributed by atoms with Crippen molar-refractivity contribution in [3.05, 3.63) is 35.9 Å². The number of carboxylic acids is 1. The summed E-state index contributed by atoms with van der Waals surface area (Å²) in [6.45, 7) is 0. The SMILES string of the molecule is O=C(O)c1ccccc1.[O]=[Fe]. The standard InChI is InChI=1S/C7H6O2.Fe.O/c8-7(9)6-4-2-1-3-5-6;;/h1-5H,(H,8,9);;. The van der Waals surface area contributed by atoms with E-state index in [1.807, 2.05) is 15.9 Å². The Morgan fingerprint density at radius 3 is 1.91 bits per heavy atom. The van der Waals surface area contributed by atoms with Crippen LogP contribution in [0.4, 0.5) is 0 Å². The average Bonchev–Trinajstić information content (AvgIpc) is 2.10. The van der Waals surface area contributed by atoms with Gasteiger partial charge in [0, 0.05) is 0 Å². The van der Waals surface area contributed by atoms with Gasteiger partial charge in [0.15, 0.2) is 0 Å². The molecule has 0 heterocycles. The second kappa shape index (κ2) is 5.77. The molecule has 0 amide bonds. The number of rotatable bonds is 1. The van der Waals surface area contributed by atoms with Gasteiger partial charge in [0.05, 0.1) is 5.56 Å². The van der Waals surface area contributed by atoms with E-state index in [1.54, 1.807) is 30.3 Å². The Hall–Kier alpha value is -0.991. The van der Waals surface area contributed by atoms with E-state index in [0.717, 1.165) is 0 Å². The van der Waals surface area contributed by atoms with Crippen LogP contribution in [0.3, 0.4) is 0 Å². The van der Waals surface area contributed by atoms with Crippen LogP contribution in [0.5, 0.6) is 0 Å². The second-order valence-electron chi connectivity index (χ2n) is 1.67. The molecule has 0 bridgehead atoms. The molecule has 0 atom stereocenters. The van der Waals surface area contributed by atoms with Gasteiger partial charge in [-0.1, -0.05) is 18.2 Å². The van der Waals surface area contributed by atoms with Gasteiger partial charge in [-0.15, -0.1) is 0 Å². The van der Waals surface area contributed by atoms with E-state index >= 15 is 0 Å². The molecule has 1 aromatic rings. The molecule has 0 saturated heterocycles. The predicted molar refractivity (Wildman–Crippen MR) is 34.1 cm³/mol. The average molecular weight is 194 g/mol. The van der Waals surface area contributed by atoms with Crippen molar-refractivity contribution in [2.45, 2.75) is 0 Å². The molecule has 0 aromatic heterocycles. The Labute approximate surface area is 72.1 Å². The third-order valence-electron chi connectivity index (χ3n) is 1.02. The van der Waals surface area contributed by atoms with Gasteiger partial charge in [0.25, 0.3) is 0 Å². The third kappa shape index (κ3) is 3.65. The Bertz CT molecular complexity index is 222. The van der Waals surface area contributed by atoms with Gasteiger partial charge >= 0.3 is 25.7 Å². The molecule has 60 valence electrons. The van der Waals surface area contributed by atoms with Crippen LogP contribution in [0.1, 0.15) is 10.4 Å². The zero-order valence-corrected chi connectivity index (χ0v) is 6.61. The van der Waals surface area contributed by atoms with Crippen LogP contribution in [-0.4, -0.2) is 11.1 Å². The van der Waals surface area contributed by atoms with Crippen molar-refractivity contribution in [3.8, 4) is 0 Å². The fourth-order valence-electron chi connectivity index (χ4n) is 0.581. The van der Waals surface area contributed by atoms with Crippen molar-refractivity contribution in [1.29, 1.82) is 0 Å². The summed E-state index contributed by atoms with van der Waals surface area (Å²) in [6.07, 6.45) is 0. The van der Waals surface area contributed by atoms with Gasteiger partial charge in [0.1, 0.15) is 0 Å². The van der Waals surface area contributed by atoms with E-state index in [1.165, 1.54) is 0 Å². The molecule has 4 heteroatoms. The molecule has 0 saturated carbocycles. The first kappa shape index (κ1) is 10.0. The molecule has 11 heavy (non-hydrogen) atoms. The minimum absolute atomic E-state index is 0.331. The Morgan fingerprint density at radius 1 is 1.18 bits per heavy atom. The van der Waals surface area contributed by atoms with Crippen LogP contribution in [-0.2, 0) is 19.8 Å². The molecule has 3 nitrogen and oxygen atoms in total. The Morgan fingerprint density at radius 2 is 1.64 bits per heavy atom. The molecule has 1 rings (SSSR count). The summed E-state index contributed by atoms with van der Waals surface area (Å²) < 4.78 is 8.00. The molecular weight excluding hydrogens is 188 g/mol. The maximum absolute atomic E-state index is 10.2. The molecule has 0 aliphatic heterocycles. The fourth-order valence-corrected chi connectivity index (χ4v) is 0.581. The Balaban J connectivity index is 0.000000461. The van der Waals surface area contributed by atoms with Crippen LogP contribution in [0.15, 0.2) is 30.3 Å². The summed E-state index contributed by atoms with van der Waals surface area (Å²) in [5.74, 6) is -0.879. The van der Waals surface area contributed by atoms with Gasteiger partial charge < -0.3 is 5.11 Å². The number of carboxylic acid groups (broad SMARTS) is 1. The Kier molecular flexibility index (Phi) is 5.25. The fraction of sp³-hybridized carbons (Fsp3) is 0. The molecule has 0 unspecified atom stereocenters. The number of benzene rings is 1. The van der Waals surface area contributed by atoms with E-state index in [4.69, 9.17) is 8.94 Å². The van der Waals surface area contributed by atoms with E-state index in [9.17, 15) is 4.79 Å². The van der Waals surface area contributed by atoms with Crippen LogP contribution in [0.25, 0.3) is 0 Å². The zero-order chi connectivity index (χ0) is 8.69. The summed E-state index contributed by atoms with van der Waals surface area (Å²) >= 11 is 2.00. The van der Waals surface area contributed by atoms with Crippen LogP contribution in [0, 0.1) is 0 Å². The number of hydrogen-bond acceptors (Lipinski definition) is 2. The van der Waals surface area contributed by atoms with E-state index in [-0.39, 0.29) is 0 Å². The summed E-state index contributed by atoms with van der Waals surface area (Å²) in [5, 5.41) is 8.38. The van der Waals surface area contributed by atoms with Gasteiger partial charge in [-0.05, 0) is 12.1 Å². The molecule has 0 aliphatic rings. The number of hydrogen-bond donors (Lipinski definition) is 1. The van der Waals surface area contributed by atoms with Gasteiger partial charge in [0.2, 0.25) is 0 Å². The first-order valence-corrected chi connectivity index (χ1v) is 3.18. The molecular formula is C7H6FeO3. The van der Waals surface area contributed by atoms with E-state index < -0.39 is 5.97 Å². The monoisotopic (exact) mass is 194 g/mol. The normalized spacial score (nSPS) is 7.73. The van der Waals surface area contributed by atoms with Crippen LogP contribution in [0.2, 0.25) is 0 Å². The molecule has 0 radical (unpaired) electrons. The predicted octanol–water partition coefficient (Wildman–Crippen LogP) is 1.26. The second-order valence-corrected chi connectivity index (χ2v) is 1.67. The summed E-state index contributed by atoms with van der Waals surface area (Å²) in [4.78, 5) is 10.2. The molecule has 1 aromatic carbocycles. The number of carbonyl (C=O) groups is 1. The van der Waals surface area contributed by atoms with Crippen molar-refractivity contribution in [1.82, 2.24) is 0 Å². The quantitative estimate of drug-likeness (QED) is 0.684. The third-order valence-corrected chi connectivity index (χ3v) is 1.02. The zero-order valence-electron chi connectivity index (χ0n) is 5.50. The van der Waals surface area contributed by atoms with Crippen LogP contribution >= 0.6 is 0 Å². The van der Waals surface area contributed by atoms with Crippen molar-refractivity contribution in [2.24, 2.45) is 0 Å². The van der Waals surface area contributed by atoms with Crippen molar-refractivity contribution in [2.75, 3.05) is 0 Å². The molecule has 0 aliphatic carbocycles. The first-order chi connectivity index (χ1) is 5.30. The van der Waals surface area contributed by atoms with E-state index in [2.05, 4.69) is 0 Å². The van der Waals surface area contributed by atoms with Gasteiger partial charge in [-0.2, -0.15) is 0 Å². The van der Waals surface area contributed by atoms with Gasteiger partial charge in [-0.25, -0.2) is 4.79 Å². The molecule has 1 N–H and O–H groups in total. The van der Waals surface area contributed by atoms with Crippen molar-refractivity contribution >= 4 is 5.97 Å². The minimum atomic E-state index is -0.879. The van der Waals surface area contributed by atoms with Gasteiger partial charge in [-0.3, -0.25) is 0 Å². The maximum atomic E-state index is 10.2. The van der Waals surface area contributed by atoms with E-state index in [0.29, 0.717) is 5.56 Å². The summed E-state index contributed by atoms with van der Waals surface area (Å²) in [7, 11) is 0. The topological polar surface area (TPSA) is 54.4 Å². The number of aromatic carboxylic acids is 1. The van der Waals surface area contributed by atoms with Crippen molar-refractivity contribution < 1.29 is 29.7 Å². The summed E-state index contributed by atoms with van der Waals surface area (Å²) in [6, 6.07) is 8.30. The first-order valence-electron chi connectivity index (χ1n) is 2.73.